The molecule has 0 radical (unpaired) electrons. The molecule has 2 aromatic carbocycles. The number of hydrogen-bond donors (Lipinski definition) is 3. The molecule has 0 saturated heterocycles. The average Bonchev–Trinajstić information content (AvgIpc) is 2.91. The van der Waals surface area contributed by atoms with Gasteiger partial charge in [-0.15, -0.1) is 0 Å². The van der Waals surface area contributed by atoms with Gasteiger partial charge in [-0.05, 0) is 25.1 Å². The number of ether oxygens (including phenoxy) is 1. The molecule has 0 bridgehead atoms. The second-order valence-electron chi connectivity index (χ2n) is 4.72. The second kappa shape index (κ2) is 5.55. The summed E-state index contributed by atoms with van der Waals surface area (Å²) >= 11 is 0. The van der Waals surface area contributed by atoms with E-state index >= 15 is 0 Å². The summed E-state index contributed by atoms with van der Waals surface area (Å²) in [5.41, 5.74) is 9.65. The molecule has 0 fully saturated rings. The number of nitrogens with two attached hydrogens (primary N) is 1. The Morgan fingerprint density at radius 1 is 1.24 bits per heavy atom. The zero-order valence-corrected chi connectivity index (χ0v) is 11.7. The molecule has 5 heteroatoms. The van der Waals surface area contributed by atoms with Crippen LogP contribution in [0.25, 0.3) is 22.4 Å². The molecule has 1 heterocycles. The zero-order chi connectivity index (χ0) is 14.8. The normalized spacial score (nSPS) is 12.7. The van der Waals surface area contributed by atoms with Gasteiger partial charge in [0.05, 0.1) is 11.0 Å². The number of rotatable bonds is 4. The zero-order valence-electron chi connectivity index (χ0n) is 11.7. The Morgan fingerprint density at radius 3 is 2.81 bits per heavy atom. The van der Waals surface area contributed by atoms with Crippen molar-refractivity contribution in [2.45, 2.75) is 13.2 Å². The van der Waals surface area contributed by atoms with Crippen LogP contribution < -0.4 is 5.73 Å². The number of nitrogens with one attached hydrogen (secondary N) is 1. The first-order valence-electron chi connectivity index (χ1n) is 6.84. The second-order valence-corrected chi connectivity index (χ2v) is 4.72. The minimum Gasteiger partial charge on any atom is -0.398 e. The third-order valence-electron chi connectivity index (χ3n) is 3.35. The van der Waals surface area contributed by atoms with Crippen molar-refractivity contribution in [3.05, 3.63) is 48.0 Å². The van der Waals surface area contributed by atoms with E-state index in [1.54, 1.807) is 0 Å². The molecule has 3 aromatic rings. The van der Waals surface area contributed by atoms with E-state index < -0.39 is 6.29 Å². The molecule has 1 aromatic heterocycles. The lowest BCUT2D eigenvalue weighted by atomic mass is 10.1. The molecular formula is C16H17N3O2. The number of H-pyrrole nitrogens is 1. The molecule has 1 unspecified atom stereocenters. The van der Waals surface area contributed by atoms with Gasteiger partial charge in [0, 0.05) is 23.4 Å². The Kier molecular flexibility index (Phi) is 3.60. The molecule has 4 N–H and O–H groups in total. The number of benzene rings is 2. The third-order valence-corrected chi connectivity index (χ3v) is 3.35. The number of hydrogen-bond acceptors (Lipinski definition) is 4. The number of aliphatic hydroxyl groups excluding tert-OH is 1. The summed E-state index contributed by atoms with van der Waals surface area (Å²) in [4.78, 5) is 7.80. The Bertz CT molecular complexity index is 767. The lowest BCUT2D eigenvalue weighted by Gasteiger charge is -2.10. The first kappa shape index (κ1) is 13.6. The fraction of sp³-hybridized carbons (Fsp3) is 0.188. The Morgan fingerprint density at radius 2 is 2.05 bits per heavy atom. The summed E-state index contributed by atoms with van der Waals surface area (Å²) in [5.74, 6) is 0.680. The Hall–Kier alpha value is -2.37. The molecular weight excluding hydrogens is 266 g/mol. The summed E-state index contributed by atoms with van der Waals surface area (Å²) in [5, 5.41) is 10.1. The number of anilines is 1. The lowest BCUT2D eigenvalue weighted by Crippen LogP contribution is -2.03. The maximum Gasteiger partial charge on any atom is 0.183 e. The predicted molar refractivity (Wildman–Crippen MR) is 82.5 cm³/mol. The summed E-state index contributed by atoms with van der Waals surface area (Å²) in [6.07, 6.45) is -0.983. The van der Waals surface area contributed by atoms with Gasteiger partial charge in [0.25, 0.3) is 0 Å². The fourth-order valence-electron chi connectivity index (χ4n) is 2.34. The van der Waals surface area contributed by atoms with E-state index in [2.05, 4.69) is 9.97 Å². The maximum atomic E-state index is 10.1. The van der Waals surface area contributed by atoms with E-state index in [4.69, 9.17) is 10.5 Å². The van der Waals surface area contributed by atoms with Gasteiger partial charge >= 0.3 is 0 Å². The molecule has 0 spiro atoms. The number of para-hydroxylation sites is 2. The number of aromatic amines is 1. The van der Waals surface area contributed by atoms with Crippen LogP contribution in [0.5, 0.6) is 0 Å². The quantitative estimate of drug-likeness (QED) is 0.508. The molecule has 108 valence electrons. The number of fused-ring (bicyclic) bond motifs is 1. The highest BCUT2D eigenvalue weighted by molar-refractivity contribution is 5.84. The first-order valence-corrected chi connectivity index (χ1v) is 6.84. The van der Waals surface area contributed by atoms with E-state index in [0.717, 1.165) is 11.1 Å². The molecule has 0 aliphatic rings. The highest BCUT2D eigenvalue weighted by Crippen LogP contribution is 2.29. The van der Waals surface area contributed by atoms with Crippen molar-refractivity contribution < 1.29 is 9.84 Å². The molecule has 0 amide bonds. The molecule has 0 saturated carbocycles. The monoisotopic (exact) mass is 283 g/mol. The van der Waals surface area contributed by atoms with Crippen LogP contribution in [0.2, 0.25) is 0 Å². The molecule has 1 atom stereocenters. The molecule has 21 heavy (non-hydrogen) atoms. The van der Waals surface area contributed by atoms with Crippen LogP contribution in [0.3, 0.4) is 0 Å². The van der Waals surface area contributed by atoms with Gasteiger partial charge in [-0.25, -0.2) is 4.98 Å². The van der Waals surface area contributed by atoms with Gasteiger partial charge in [0.15, 0.2) is 6.29 Å². The van der Waals surface area contributed by atoms with Crippen LogP contribution >= 0.6 is 0 Å². The van der Waals surface area contributed by atoms with Crippen LogP contribution in [-0.2, 0) is 4.74 Å². The van der Waals surface area contributed by atoms with Gasteiger partial charge < -0.3 is 20.6 Å². The van der Waals surface area contributed by atoms with E-state index in [0.29, 0.717) is 29.2 Å². The van der Waals surface area contributed by atoms with Crippen molar-refractivity contribution in [3.63, 3.8) is 0 Å². The van der Waals surface area contributed by atoms with Crippen LogP contribution in [-0.4, -0.2) is 21.7 Å². The minimum atomic E-state index is -0.983. The average molecular weight is 283 g/mol. The van der Waals surface area contributed by atoms with Gasteiger partial charge in [-0.2, -0.15) is 0 Å². The highest BCUT2D eigenvalue weighted by atomic mass is 16.6. The van der Waals surface area contributed by atoms with Crippen molar-refractivity contribution in [1.82, 2.24) is 9.97 Å². The van der Waals surface area contributed by atoms with Crippen molar-refractivity contribution in [2.75, 3.05) is 12.3 Å². The number of nitrogen functional groups attached to an aromatic ring is 1. The fourth-order valence-corrected chi connectivity index (χ4v) is 2.34. The smallest absolute Gasteiger partial charge is 0.183 e. The number of nitrogens with zero attached hydrogens (tertiary/aromatic N) is 1. The molecule has 0 aliphatic heterocycles. The van der Waals surface area contributed by atoms with Crippen LogP contribution in [0.4, 0.5) is 5.69 Å². The maximum absolute atomic E-state index is 10.1. The molecule has 0 aliphatic carbocycles. The standard InChI is InChI=1S/C16H17N3O2/c1-2-21-16(20)11-7-5-9-13-14(11)19-15(18-13)10-6-3-4-8-12(10)17/h3-9,16,20H,2,17H2,1H3,(H,18,19). The number of imidazole rings is 1. The van der Waals surface area contributed by atoms with Gasteiger partial charge in [0.2, 0.25) is 0 Å². The summed E-state index contributed by atoms with van der Waals surface area (Å²) in [6.45, 7) is 2.27. The van der Waals surface area contributed by atoms with Gasteiger partial charge in [-0.3, -0.25) is 0 Å². The molecule has 3 rings (SSSR count). The first-order chi connectivity index (χ1) is 10.2. The van der Waals surface area contributed by atoms with Crippen LogP contribution in [0.15, 0.2) is 42.5 Å². The predicted octanol–water partition coefficient (Wildman–Crippen LogP) is 2.84. The van der Waals surface area contributed by atoms with E-state index in [1.807, 2.05) is 49.4 Å². The Labute approximate surface area is 122 Å². The Balaban J connectivity index is 2.12. The largest absolute Gasteiger partial charge is 0.398 e. The third kappa shape index (κ3) is 2.49. The summed E-state index contributed by atoms with van der Waals surface area (Å²) in [7, 11) is 0. The number of aromatic nitrogens is 2. The van der Waals surface area contributed by atoms with E-state index in [1.165, 1.54) is 0 Å². The van der Waals surface area contributed by atoms with E-state index in [9.17, 15) is 5.11 Å². The summed E-state index contributed by atoms with van der Waals surface area (Å²) < 4.78 is 5.25. The van der Waals surface area contributed by atoms with Gasteiger partial charge in [-0.1, -0.05) is 24.3 Å². The minimum absolute atomic E-state index is 0.431. The SMILES string of the molecule is CCOC(O)c1cccc2[nH]c(-c3ccccc3N)nc12. The van der Waals surface area contributed by atoms with Crippen molar-refractivity contribution >= 4 is 16.7 Å². The van der Waals surface area contributed by atoms with Crippen LogP contribution in [0.1, 0.15) is 18.8 Å². The summed E-state index contributed by atoms with van der Waals surface area (Å²) in [6, 6.07) is 13.1. The number of aliphatic hydroxyl groups is 1. The highest BCUT2D eigenvalue weighted by Gasteiger charge is 2.15. The van der Waals surface area contributed by atoms with Crippen molar-refractivity contribution in [1.29, 1.82) is 0 Å². The van der Waals surface area contributed by atoms with Crippen LogP contribution in [0, 0.1) is 0 Å². The van der Waals surface area contributed by atoms with Gasteiger partial charge in [0.1, 0.15) is 5.82 Å². The van der Waals surface area contributed by atoms with E-state index in [-0.39, 0.29) is 0 Å². The lowest BCUT2D eigenvalue weighted by molar-refractivity contribution is -0.0970. The topological polar surface area (TPSA) is 84.2 Å². The van der Waals surface area contributed by atoms with Crippen molar-refractivity contribution in [3.8, 4) is 11.4 Å². The molecule has 5 nitrogen and oxygen atoms in total. The van der Waals surface area contributed by atoms with Crippen molar-refractivity contribution in [2.24, 2.45) is 0 Å².